The molecule has 0 bridgehead atoms. The number of hydrogen-bond acceptors (Lipinski definition) is 4. The van der Waals surface area contributed by atoms with Gasteiger partial charge in [-0.25, -0.2) is 4.39 Å². The Hall–Kier alpha value is -3.09. The third-order valence-corrected chi connectivity index (χ3v) is 5.18. The van der Waals surface area contributed by atoms with Gasteiger partial charge in [-0.1, -0.05) is 18.2 Å². The van der Waals surface area contributed by atoms with Gasteiger partial charge in [0.15, 0.2) is 11.5 Å². The number of rotatable bonds is 4. The number of amides is 2. The van der Waals surface area contributed by atoms with Gasteiger partial charge >= 0.3 is 0 Å². The number of piperidine rings is 1. The second-order valence-corrected chi connectivity index (χ2v) is 6.94. The van der Waals surface area contributed by atoms with Crippen molar-refractivity contribution in [2.75, 3.05) is 19.9 Å². The monoisotopic (exact) mass is 384 g/mol. The lowest BCUT2D eigenvalue weighted by Crippen LogP contribution is -2.43. The number of carbonyl (C=O) groups is 2. The maximum atomic E-state index is 13.7. The lowest BCUT2D eigenvalue weighted by atomic mass is 9.95. The minimum atomic E-state index is -0.327. The summed E-state index contributed by atoms with van der Waals surface area (Å²) in [6.07, 6.45) is 1.17. The fourth-order valence-electron chi connectivity index (χ4n) is 3.53. The number of hydrogen-bond donors (Lipinski definition) is 1. The van der Waals surface area contributed by atoms with Crippen molar-refractivity contribution in [1.82, 2.24) is 10.2 Å². The number of carbonyl (C=O) groups excluding carboxylic acids is 2. The number of benzene rings is 2. The summed E-state index contributed by atoms with van der Waals surface area (Å²) < 4.78 is 24.2. The van der Waals surface area contributed by atoms with E-state index >= 15 is 0 Å². The first kappa shape index (κ1) is 18.3. The van der Waals surface area contributed by atoms with Crippen LogP contribution >= 0.6 is 0 Å². The molecule has 0 aliphatic carbocycles. The van der Waals surface area contributed by atoms with E-state index < -0.39 is 0 Å². The Morgan fingerprint density at radius 3 is 2.61 bits per heavy atom. The molecule has 2 aromatic carbocycles. The van der Waals surface area contributed by atoms with Gasteiger partial charge < -0.3 is 19.7 Å². The highest BCUT2D eigenvalue weighted by molar-refractivity contribution is 5.95. The molecule has 0 atom stereocenters. The molecule has 0 spiro atoms. The summed E-state index contributed by atoms with van der Waals surface area (Å²) in [6, 6.07) is 11.5. The number of likely N-dealkylation sites (tertiary alicyclic amines) is 1. The molecule has 1 saturated heterocycles. The highest BCUT2D eigenvalue weighted by Crippen LogP contribution is 2.33. The van der Waals surface area contributed by atoms with E-state index in [0.717, 1.165) is 0 Å². The van der Waals surface area contributed by atoms with Crippen molar-refractivity contribution in [2.24, 2.45) is 5.92 Å². The number of nitrogens with one attached hydrogen (secondary N) is 1. The first-order valence-electron chi connectivity index (χ1n) is 9.32. The maximum absolute atomic E-state index is 13.7. The molecule has 1 N–H and O–H groups in total. The minimum absolute atomic E-state index is 0.0801. The molecule has 28 heavy (non-hydrogen) atoms. The van der Waals surface area contributed by atoms with Crippen LogP contribution in [0.3, 0.4) is 0 Å². The molecular formula is C21H21FN2O4. The largest absolute Gasteiger partial charge is 0.454 e. The van der Waals surface area contributed by atoms with Gasteiger partial charge in [0.2, 0.25) is 12.7 Å². The Kier molecular flexibility index (Phi) is 5.14. The molecule has 0 aromatic heterocycles. The molecule has 2 aromatic rings. The minimum Gasteiger partial charge on any atom is -0.454 e. The number of halogens is 1. The molecule has 146 valence electrons. The molecule has 4 rings (SSSR count). The second kappa shape index (κ2) is 7.88. The van der Waals surface area contributed by atoms with Crippen molar-refractivity contribution in [3.8, 4) is 11.5 Å². The predicted octanol–water partition coefficient (Wildman–Crippen LogP) is 2.72. The van der Waals surface area contributed by atoms with Crippen LogP contribution in [0.25, 0.3) is 0 Å². The number of ether oxygens (including phenoxy) is 2. The van der Waals surface area contributed by atoms with E-state index in [1.165, 1.54) is 6.07 Å². The van der Waals surface area contributed by atoms with Gasteiger partial charge in [-0.2, -0.15) is 0 Å². The summed E-state index contributed by atoms with van der Waals surface area (Å²) in [5.41, 5.74) is 1.01. The van der Waals surface area contributed by atoms with Gasteiger partial charge in [0.25, 0.3) is 5.91 Å². The Balaban J connectivity index is 1.30. The van der Waals surface area contributed by atoms with Crippen LogP contribution in [0, 0.1) is 11.7 Å². The Bertz CT molecular complexity index is 894. The van der Waals surface area contributed by atoms with Crippen LogP contribution in [0.1, 0.15) is 28.8 Å². The molecule has 7 heteroatoms. The van der Waals surface area contributed by atoms with Crippen molar-refractivity contribution in [1.29, 1.82) is 0 Å². The maximum Gasteiger partial charge on any atom is 0.253 e. The first-order chi connectivity index (χ1) is 13.6. The summed E-state index contributed by atoms with van der Waals surface area (Å²) in [5.74, 6) is 0.538. The van der Waals surface area contributed by atoms with Crippen LogP contribution in [-0.4, -0.2) is 36.6 Å². The third-order valence-electron chi connectivity index (χ3n) is 5.18. The Morgan fingerprint density at radius 1 is 1.07 bits per heavy atom. The summed E-state index contributed by atoms with van der Waals surface area (Å²) in [4.78, 5) is 26.8. The van der Waals surface area contributed by atoms with Crippen LogP contribution in [0.2, 0.25) is 0 Å². The lowest BCUT2D eigenvalue weighted by molar-refractivity contribution is -0.126. The zero-order valence-corrected chi connectivity index (χ0v) is 15.3. The standard InChI is InChI=1S/C21H21FN2O4/c22-17-4-2-1-3-16(17)12-23-20(25)14-7-9-24(10-8-14)21(26)15-5-6-18-19(11-15)28-13-27-18/h1-6,11,14H,7-10,12-13H2,(H,23,25). The molecule has 0 saturated carbocycles. The van der Waals surface area contributed by atoms with Crippen molar-refractivity contribution >= 4 is 11.8 Å². The quantitative estimate of drug-likeness (QED) is 0.880. The van der Waals surface area contributed by atoms with Crippen LogP contribution in [0.15, 0.2) is 42.5 Å². The van der Waals surface area contributed by atoms with E-state index in [1.54, 1.807) is 41.3 Å². The topological polar surface area (TPSA) is 67.9 Å². The molecule has 2 aliphatic heterocycles. The van der Waals surface area contributed by atoms with Gasteiger partial charge in [-0.05, 0) is 37.1 Å². The van der Waals surface area contributed by atoms with Crippen molar-refractivity contribution in [3.63, 3.8) is 0 Å². The fourth-order valence-corrected chi connectivity index (χ4v) is 3.53. The molecule has 2 heterocycles. The van der Waals surface area contributed by atoms with Crippen molar-refractivity contribution in [3.05, 3.63) is 59.4 Å². The van der Waals surface area contributed by atoms with Gasteiger partial charge in [0.05, 0.1) is 0 Å². The van der Waals surface area contributed by atoms with E-state index in [4.69, 9.17) is 9.47 Å². The van der Waals surface area contributed by atoms with Crippen molar-refractivity contribution in [2.45, 2.75) is 19.4 Å². The second-order valence-electron chi connectivity index (χ2n) is 6.94. The third kappa shape index (κ3) is 3.78. The molecule has 0 radical (unpaired) electrons. The number of nitrogens with zero attached hydrogens (tertiary/aromatic N) is 1. The summed E-state index contributed by atoms with van der Waals surface area (Å²) in [5, 5.41) is 2.80. The summed E-state index contributed by atoms with van der Waals surface area (Å²) in [7, 11) is 0. The molecular weight excluding hydrogens is 363 g/mol. The van der Waals surface area contributed by atoms with Crippen LogP contribution < -0.4 is 14.8 Å². The highest BCUT2D eigenvalue weighted by atomic mass is 19.1. The van der Waals surface area contributed by atoms with E-state index in [2.05, 4.69) is 5.32 Å². The van der Waals surface area contributed by atoms with E-state index in [9.17, 15) is 14.0 Å². The normalized spacial score (nSPS) is 16.1. The zero-order chi connectivity index (χ0) is 19.5. The van der Waals surface area contributed by atoms with Crippen LogP contribution in [0.5, 0.6) is 11.5 Å². The molecule has 1 fully saturated rings. The average molecular weight is 384 g/mol. The SMILES string of the molecule is O=C(NCc1ccccc1F)C1CCN(C(=O)c2ccc3c(c2)OCO3)CC1. The Morgan fingerprint density at radius 2 is 1.82 bits per heavy atom. The summed E-state index contributed by atoms with van der Waals surface area (Å²) in [6.45, 7) is 1.35. The van der Waals surface area contributed by atoms with E-state index in [1.807, 2.05) is 0 Å². The van der Waals surface area contributed by atoms with Crippen LogP contribution in [0.4, 0.5) is 4.39 Å². The average Bonchev–Trinajstić information content (AvgIpc) is 3.20. The highest BCUT2D eigenvalue weighted by Gasteiger charge is 2.28. The predicted molar refractivity (Wildman–Crippen MR) is 99.4 cm³/mol. The molecule has 0 unspecified atom stereocenters. The van der Waals surface area contributed by atoms with E-state index in [0.29, 0.717) is 48.6 Å². The van der Waals surface area contributed by atoms with Crippen molar-refractivity contribution < 1.29 is 23.5 Å². The molecule has 2 aliphatic rings. The van der Waals surface area contributed by atoms with Gasteiger partial charge in [0.1, 0.15) is 5.82 Å². The van der Waals surface area contributed by atoms with Gasteiger partial charge in [0, 0.05) is 36.7 Å². The first-order valence-corrected chi connectivity index (χ1v) is 9.32. The number of fused-ring (bicyclic) bond motifs is 1. The molecule has 6 nitrogen and oxygen atoms in total. The summed E-state index contributed by atoms with van der Waals surface area (Å²) >= 11 is 0. The zero-order valence-electron chi connectivity index (χ0n) is 15.3. The van der Waals surface area contributed by atoms with Gasteiger partial charge in [-0.3, -0.25) is 9.59 Å². The lowest BCUT2D eigenvalue weighted by Gasteiger charge is -2.31. The van der Waals surface area contributed by atoms with Gasteiger partial charge in [-0.15, -0.1) is 0 Å². The molecule has 2 amide bonds. The fraction of sp³-hybridized carbons (Fsp3) is 0.333. The van der Waals surface area contributed by atoms with E-state index in [-0.39, 0.29) is 36.9 Å². The smallest absolute Gasteiger partial charge is 0.253 e. The van der Waals surface area contributed by atoms with Crippen LogP contribution in [-0.2, 0) is 11.3 Å². The Labute approximate surface area is 162 Å².